The quantitative estimate of drug-likeness (QED) is 0.0739. The van der Waals surface area contributed by atoms with E-state index < -0.39 is 6.17 Å². The number of aromatic nitrogens is 1. The second-order valence-electron chi connectivity index (χ2n) is 11.9. The van der Waals surface area contributed by atoms with Gasteiger partial charge in [0.2, 0.25) is 11.5 Å². The van der Waals surface area contributed by atoms with Crippen LogP contribution in [0.1, 0.15) is 34.9 Å². The Hall–Kier alpha value is -6.21. The average Bonchev–Trinajstić information content (AvgIpc) is 3.69. The first kappa shape index (κ1) is 37.5. The third kappa shape index (κ3) is 7.91. The van der Waals surface area contributed by atoms with E-state index in [1.807, 2.05) is 18.2 Å². The van der Waals surface area contributed by atoms with Crippen molar-refractivity contribution in [2.75, 3.05) is 54.6 Å². The molecular formula is C40H40ClN3O10. The monoisotopic (exact) mass is 757 g/mol. The predicted octanol–water partition coefficient (Wildman–Crippen LogP) is 8.32. The van der Waals surface area contributed by atoms with Gasteiger partial charge in [0.05, 0.1) is 60.6 Å². The molecule has 1 atom stereocenters. The molecule has 4 aromatic carbocycles. The minimum Gasteiger partial charge on any atom is -0.493 e. The van der Waals surface area contributed by atoms with Crippen molar-refractivity contribution in [2.45, 2.75) is 19.0 Å². The van der Waals surface area contributed by atoms with Crippen LogP contribution < -0.4 is 48.5 Å². The Bertz CT molecular complexity index is 2120. The van der Waals surface area contributed by atoms with Crippen molar-refractivity contribution < 1.29 is 47.2 Å². The second-order valence-corrected chi connectivity index (χ2v) is 12.4. The van der Waals surface area contributed by atoms with Gasteiger partial charge in [0.25, 0.3) is 5.91 Å². The smallest absolute Gasteiger partial charge is 0.255 e. The van der Waals surface area contributed by atoms with Gasteiger partial charge in [0.15, 0.2) is 40.3 Å². The summed E-state index contributed by atoms with van der Waals surface area (Å²) in [4.78, 5) is 12.7. The number of hydrogen-bond acceptors (Lipinski definition) is 12. The number of ether oxygens (including phenoxy) is 8. The van der Waals surface area contributed by atoms with Crippen LogP contribution in [0.3, 0.4) is 0 Å². The van der Waals surface area contributed by atoms with Crippen molar-refractivity contribution in [3.8, 4) is 68.6 Å². The molecule has 0 saturated carbocycles. The van der Waals surface area contributed by atoms with Gasteiger partial charge < -0.3 is 53.1 Å². The lowest BCUT2D eigenvalue weighted by molar-refractivity contribution is 0.0935. The highest BCUT2D eigenvalue weighted by molar-refractivity contribution is 6.31. The molecule has 0 aliphatic carbocycles. The van der Waals surface area contributed by atoms with Crippen LogP contribution >= 0.6 is 11.6 Å². The van der Waals surface area contributed by atoms with Crippen LogP contribution in [0.4, 0.5) is 5.69 Å². The third-order valence-electron chi connectivity index (χ3n) is 8.64. The zero-order chi connectivity index (χ0) is 38.4. The first-order chi connectivity index (χ1) is 26.2. The highest BCUT2D eigenvalue weighted by Crippen LogP contribution is 2.45. The molecule has 0 bridgehead atoms. The number of nitrogens with one attached hydrogen (secondary N) is 2. The molecule has 1 aliphatic heterocycles. The van der Waals surface area contributed by atoms with E-state index in [-0.39, 0.29) is 5.91 Å². The number of allylic oxidation sites excluding steroid dienone is 1. The Morgan fingerprint density at radius 1 is 0.741 bits per heavy atom. The number of methoxy groups -OCH3 is 6. The number of amides is 1. The molecule has 1 unspecified atom stereocenters. The standard InChI is InChI=1S/C40H40ClN3O10/c1-22(9-8-14-52-30-13-10-23(15-32(30)46-2)39-42-28-12-11-26(41)20-27(28)40(45)43-39)53-38-35(49-5)16-24(17-36(38)50-6)29-21-31(54-44-29)25-18-33(47-3)37(51-7)34(19-25)48-4/h10-13,15-21,39,42H,1,8-9,14H2,2-7H3,(H,43,45). The van der Waals surface area contributed by atoms with Crippen LogP contribution in [-0.4, -0.2) is 60.3 Å². The molecule has 0 saturated heterocycles. The van der Waals surface area contributed by atoms with Gasteiger partial charge in [-0.2, -0.15) is 0 Å². The van der Waals surface area contributed by atoms with Gasteiger partial charge in [-0.15, -0.1) is 0 Å². The molecule has 6 rings (SSSR count). The van der Waals surface area contributed by atoms with Crippen LogP contribution in [0, 0.1) is 0 Å². The fourth-order valence-electron chi connectivity index (χ4n) is 5.93. The summed E-state index contributed by atoms with van der Waals surface area (Å²) in [6.07, 6.45) is 0.617. The van der Waals surface area contributed by atoms with Gasteiger partial charge in [0, 0.05) is 34.3 Å². The summed E-state index contributed by atoms with van der Waals surface area (Å²) in [5.41, 5.74) is 3.87. The number of fused-ring (bicyclic) bond motifs is 1. The van der Waals surface area contributed by atoms with Crippen molar-refractivity contribution in [2.24, 2.45) is 0 Å². The molecule has 0 radical (unpaired) electrons. The molecule has 282 valence electrons. The van der Waals surface area contributed by atoms with E-state index >= 15 is 0 Å². The Morgan fingerprint density at radius 3 is 2.04 bits per heavy atom. The first-order valence-electron chi connectivity index (χ1n) is 16.8. The summed E-state index contributed by atoms with van der Waals surface area (Å²) in [6, 6.07) is 19.6. The van der Waals surface area contributed by atoms with E-state index in [1.54, 1.807) is 77.0 Å². The topological polar surface area (TPSA) is 141 Å². The number of anilines is 1. The van der Waals surface area contributed by atoms with Crippen molar-refractivity contribution in [3.63, 3.8) is 0 Å². The lowest BCUT2D eigenvalue weighted by Crippen LogP contribution is -2.38. The summed E-state index contributed by atoms with van der Waals surface area (Å²) in [5, 5.41) is 11.0. The molecular weight excluding hydrogens is 718 g/mol. The molecule has 2 N–H and O–H groups in total. The van der Waals surface area contributed by atoms with E-state index in [9.17, 15) is 4.79 Å². The van der Waals surface area contributed by atoms with E-state index in [4.69, 9.17) is 54.0 Å². The summed E-state index contributed by atoms with van der Waals surface area (Å²) in [7, 11) is 9.28. The Balaban J connectivity index is 1.08. The Kier molecular flexibility index (Phi) is 11.6. The van der Waals surface area contributed by atoms with Gasteiger partial charge in [-0.25, -0.2) is 0 Å². The minimum atomic E-state index is -0.459. The van der Waals surface area contributed by atoms with Crippen molar-refractivity contribution in [1.82, 2.24) is 10.5 Å². The van der Waals surface area contributed by atoms with E-state index in [0.29, 0.717) is 110 Å². The highest BCUT2D eigenvalue weighted by Gasteiger charge is 2.26. The molecule has 0 spiro atoms. The van der Waals surface area contributed by atoms with Gasteiger partial charge >= 0.3 is 0 Å². The van der Waals surface area contributed by atoms with E-state index in [1.165, 1.54) is 14.2 Å². The highest BCUT2D eigenvalue weighted by atomic mass is 35.5. The summed E-state index contributed by atoms with van der Waals surface area (Å²) in [6.45, 7) is 4.47. The Labute approximate surface area is 317 Å². The van der Waals surface area contributed by atoms with Crippen molar-refractivity contribution in [3.05, 3.63) is 95.2 Å². The van der Waals surface area contributed by atoms with Crippen molar-refractivity contribution in [1.29, 1.82) is 0 Å². The number of rotatable bonds is 16. The van der Waals surface area contributed by atoms with Gasteiger partial charge in [0.1, 0.15) is 11.9 Å². The molecule has 1 amide bonds. The largest absolute Gasteiger partial charge is 0.493 e. The summed E-state index contributed by atoms with van der Waals surface area (Å²) < 4.78 is 51.3. The number of benzene rings is 4. The van der Waals surface area contributed by atoms with Crippen molar-refractivity contribution >= 4 is 23.2 Å². The fraction of sp³-hybridized carbons (Fsp3) is 0.250. The summed E-state index contributed by atoms with van der Waals surface area (Å²) in [5.74, 6) is 4.47. The lowest BCUT2D eigenvalue weighted by atomic mass is 10.1. The van der Waals surface area contributed by atoms with Crippen LogP contribution in [0.5, 0.6) is 46.0 Å². The minimum absolute atomic E-state index is 0.221. The van der Waals surface area contributed by atoms with Gasteiger partial charge in [-0.1, -0.05) is 29.4 Å². The van der Waals surface area contributed by atoms with Crippen LogP contribution in [0.2, 0.25) is 5.02 Å². The average molecular weight is 758 g/mol. The van der Waals surface area contributed by atoms with E-state index in [0.717, 1.165) is 5.56 Å². The number of nitrogens with zero attached hydrogens (tertiary/aromatic N) is 1. The fourth-order valence-corrected chi connectivity index (χ4v) is 6.10. The maximum Gasteiger partial charge on any atom is 0.255 e. The number of carbonyl (C=O) groups is 1. The molecule has 1 aromatic heterocycles. The number of carbonyl (C=O) groups excluding carboxylic acids is 1. The lowest BCUT2D eigenvalue weighted by Gasteiger charge is -2.28. The normalized spacial score (nSPS) is 13.2. The zero-order valence-electron chi connectivity index (χ0n) is 30.7. The first-order valence-corrected chi connectivity index (χ1v) is 17.1. The van der Waals surface area contributed by atoms with Crippen LogP contribution in [0.15, 0.2) is 83.6 Å². The zero-order valence-corrected chi connectivity index (χ0v) is 31.4. The Morgan fingerprint density at radius 2 is 1.39 bits per heavy atom. The molecule has 54 heavy (non-hydrogen) atoms. The second kappa shape index (κ2) is 16.6. The predicted molar refractivity (Wildman–Crippen MR) is 203 cm³/mol. The van der Waals surface area contributed by atoms with Crippen LogP contribution in [-0.2, 0) is 0 Å². The number of hydrogen-bond donors (Lipinski definition) is 2. The molecule has 1 aliphatic rings. The number of halogens is 1. The van der Waals surface area contributed by atoms with Crippen LogP contribution in [0.25, 0.3) is 22.6 Å². The molecule has 13 nitrogen and oxygen atoms in total. The molecule has 5 aromatic rings. The maximum atomic E-state index is 12.7. The molecule has 14 heteroatoms. The van der Waals surface area contributed by atoms with Gasteiger partial charge in [-0.3, -0.25) is 4.79 Å². The SMILES string of the molecule is C=C(CCCOc1ccc(C2NC(=O)c3cc(Cl)ccc3N2)cc1OC)Oc1c(OC)cc(-c2cc(-c3cc(OC)c(OC)c(OC)c3)on2)cc1OC. The third-order valence-corrected chi connectivity index (χ3v) is 8.88. The van der Waals surface area contributed by atoms with Gasteiger partial charge in [-0.05, 0) is 66.6 Å². The van der Waals surface area contributed by atoms with E-state index in [2.05, 4.69) is 22.4 Å². The molecule has 2 heterocycles. The summed E-state index contributed by atoms with van der Waals surface area (Å²) >= 11 is 6.07. The maximum absolute atomic E-state index is 12.7. The molecule has 0 fully saturated rings.